The SMILES string of the molecule is CCOC1CCCN(c2ncccc2CNC(C)(C)C)C1. The summed E-state index contributed by atoms with van der Waals surface area (Å²) in [5.74, 6) is 1.11. The summed E-state index contributed by atoms with van der Waals surface area (Å²) in [6, 6.07) is 4.19. The van der Waals surface area contributed by atoms with Crippen LogP contribution in [0.25, 0.3) is 0 Å². The van der Waals surface area contributed by atoms with Crippen molar-refractivity contribution in [3.8, 4) is 0 Å². The van der Waals surface area contributed by atoms with Gasteiger partial charge in [-0.25, -0.2) is 4.98 Å². The van der Waals surface area contributed by atoms with Crippen molar-refractivity contribution in [2.45, 2.75) is 58.7 Å². The number of pyridine rings is 1. The average Bonchev–Trinajstić information content (AvgIpc) is 2.45. The van der Waals surface area contributed by atoms with Gasteiger partial charge in [0.15, 0.2) is 0 Å². The summed E-state index contributed by atoms with van der Waals surface area (Å²) in [4.78, 5) is 7.01. The molecule has 1 atom stereocenters. The number of nitrogens with one attached hydrogen (secondary N) is 1. The van der Waals surface area contributed by atoms with Crippen molar-refractivity contribution >= 4 is 5.82 Å². The van der Waals surface area contributed by atoms with Crippen molar-refractivity contribution in [2.24, 2.45) is 0 Å². The Morgan fingerprint density at radius 3 is 2.95 bits per heavy atom. The summed E-state index contributed by atoms with van der Waals surface area (Å²) in [7, 11) is 0. The number of rotatable bonds is 5. The molecule has 0 aromatic carbocycles. The second-order valence-electron chi connectivity index (χ2n) is 6.76. The van der Waals surface area contributed by atoms with Gasteiger partial charge in [-0.05, 0) is 46.6 Å². The molecule has 1 fully saturated rings. The maximum Gasteiger partial charge on any atom is 0.133 e. The van der Waals surface area contributed by atoms with Crippen LogP contribution in [0.4, 0.5) is 5.82 Å². The predicted molar refractivity (Wildman–Crippen MR) is 87.7 cm³/mol. The molecule has 0 amide bonds. The summed E-state index contributed by atoms with van der Waals surface area (Å²) in [6.07, 6.45) is 4.56. The van der Waals surface area contributed by atoms with Gasteiger partial charge in [-0.15, -0.1) is 0 Å². The smallest absolute Gasteiger partial charge is 0.133 e. The highest BCUT2D eigenvalue weighted by Crippen LogP contribution is 2.23. The summed E-state index contributed by atoms with van der Waals surface area (Å²) in [5.41, 5.74) is 1.38. The van der Waals surface area contributed by atoms with Gasteiger partial charge in [0.1, 0.15) is 5.82 Å². The van der Waals surface area contributed by atoms with Crippen LogP contribution in [0.1, 0.15) is 46.1 Å². The lowest BCUT2D eigenvalue weighted by Crippen LogP contribution is -2.41. The molecule has 1 saturated heterocycles. The molecule has 0 radical (unpaired) electrons. The van der Waals surface area contributed by atoms with Crippen LogP contribution in [0.5, 0.6) is 0 Å². The molecule has 0 spiro atoms. The molecule has 2 rings (SSSR count). The van der Waals surface area contributed by atoms with Crippen LogP contribution in [-0.2, 0) is 11.3 Å². The summed E-state index contributed by atoms with van der Waals surface area (Å²) < 4.78 is 5.80. The van der Waals surface area contributed by atoms with E-state index in [1.165, 1.54) is 12.0 Å². The van der Waals surface area contributed by atoms with Gasteiger partial charge in [-0.2, -0.15) is 0 Å². The molecule has 118 valence electrons. The molecular formula is C17H29N3O. The minimum absolute atomic E-state index is 0.114. The Labute approximate surface area is 128 Å². The van der Waals surface area contributed by atoms with Crippen molar-refractivity contribution in [1.29, 1.82) is 0 Å². The third-order valence-electron chi connectivity index (χ3n) is 3.76. The fraction of sp³-hybridized carbons (Fsp3) is 0.706. The number of aromatic nitrogens is 1. The molecule has 2 heterocycles. The van der Waals surface area contributed by atoms with Crippen molar-refractivity contribution in [3.05, 3.63) is 23.9 Å². The highest BCUT2D eigenvalue weighted by Gasteiger charge is 2.23. The number of ether oxygens (including phenoxy) is 1. The van der Waals surface area contributed by atoms with Gasteiger partial charge in [0.25, 0.3) is 0 Å². The van der Waals surface area contributed by atoms with Crippen LogP contribution in [0.2, 0.25) is 0 Å². The molecule has 21 heavy (non-hydrogen) atoms. The lowest BCUT2D eigenvalue weighted by Gasteiger charge is -2.34. The van der Waals surface area contributed by atoms with Crippen LogP contribution in [0, 0.1) is 0 Å². The quantitative estimate of drug-likeness (QED) is 0.905. The van der Waals surface area contributed by atoms with Gasteiger partial charge in [0, 0.05) is 43.5 Å². The third kappa shape index (κ3) is 4.97. The molecule has 0 aliphatic carbocycles. The van der Waals surface area contributed by atoms with Gasteiger partial charge >= 0.3 is 0 Å². The lowest BCUT2D eigenvalue weighted by atomic mass is 10.1. The van der Waals surface area contributed by atoms with Gasteiger partial charge in [-0.3, -0.25) is 0 Å². The van der Waals surface area contributed by atoms with E-state index in [4.69, 9.17) is 4.74 Å². The standard InChI is InChI=1S/C17H29N3O/c1-5-21-15-9-7-11-20(13-15)16-14(8-6-10-18-16)12-19-17(2,3)4/h6,8,10,15,19H,5,7,9,11-13H2,1-4H3. The zero-order valence-electron chi connectivity index (χ0n) is 13.9. The second-order valence-corrected chi connectivity index (χ2v) is 6.76. The Balaban J connectivity index is 2.08. The molecular weight excluding hydrogens is 262 g/mol. The van der Waals surface area contributed by atoms with Crippen LogP contribution < -0.4 is 10.2 Å². The van der Waals surface area contributed by atoms with Crippen molar-refractivity contribution in [2.75, 3.05) is 24.6 Å². The first-order valence-corrected chi connectivity index (χ1v) is 8.05. The lowest BCUT2D eigenvalue weighted by molar-refractivity contribution is 0.0525. The Kier molecular flexibility index (Phi) is 5.59. The molecule has 1 aliphatic heterocycles. The molecule has 0 saturated carbocycles. The third-order valence-corrected chi connectivity index (χ3v) is 3.76. The Morgan fingerprint density at radius 2 is 2.24 bits per heavy atom. The summed E-state index contributed by atoms with van der Waals surface area (Å²) in [5, 5.41) is 3.56. The first-order valence-electron chi connectivity index (χ1n) is 8.05. The minimum Gasteiger partial charge on any atom is -0.377 e. The molecule has 1 aromatic rings. The van der Waals surface area contributed by atoms with Gasteiger partial charge < -0.3 is 15.0 Å². The average molecular weight is 291 g/mol. The van der Waals surface area contributed by atoms with Crippen LogP contribution >= 0.6 is 0 Å². The number of anilines is 1. The van der Waals surface area contributed by atoms with Crippen molar-refractivity contribution in [1.82, 2.24) is 10.3 Å². The van der Waals surface area contributed by atoms with E-state index in [1.807, 2.05) is 12.3 Å². The Morgan fingerprint density at radius 1 is 1.43 bits per heavy atom. The summed E-state index contributed by atoms with van der Waals surface area (Å²) in [6.45, 7) is 12.3. The summed E-state index contributed by atoms with van der Waals surface area (Å²) >= 11 is 0. The molecule has 4 heteroatoms. The fourth-order valence-electron chi connectivity index (χ4n) is 2.72. The monoisotopic (exact) mass is 291 g/mol. The second kappa shape index (κ2) is 7.23. The first kappa shape index (κ1) is 16.2. The zero-order valence-corrected chi connectivity index (χ0v) is 13.9. The van der Waals surface area contributed by atoms with E-state index in [9.17, 15) is 0 Å². The Hall–Kier alpha value is -1.13. The van der Waals surface area contributed by atoms with Crippen molar-refractivity contribution in [3.63, 3.8) is 0 Å². The van der Waals surface area contributed by atoms with E-state index < -0.39 is 0 Å². The normalized spacial score (nSPS) is 19.8. The van der Waals surface area contributed by atoms with E-state index in [-0.39, 0.29) is 5.54 Å². The van der Waals surface area contributed by atoms with Crippen LogP contribution in [-0.4, -0.2) is 36.3 Å². The number of nitrogens with zero attached hydrogens (tertiary/aromatic N) is 2. The molecule has 0 bridgehead atoms. The molecule has 4 nitrogen and oxygen atoms in total. The topological polar surface area (TPSA) is 37.4 Å². The van der Waals surface area contributed by atoms with Gasteiger partial charge in [0.2, 0.25) is 0 Å². The van der Waals surface area contributed by atoms with E-state index in [0.717, 1.165) is 38.5 Å². The van der Waals surface area contributed by atoms with Gasteiger partial charge in [-0.1, -0.05) is 6.07 Å². The zero-order chi connectivity index (χ0) is 15.3. The maximum absolute atomic E-state index is 5.80. The van der Waals surface area contributed by atoms with Crippen molar-refractivity contribution < 1.29 is 4.74 Å². The number of hydrogen-bond acceptors (Lipinski definition) is 4. The minimum atomic E-state index is 0.114. The first-order chi connectivity index (χ1) is 9.99. The number of hydrogen-bond donors (Lipinski definition) is 1. The van der Waals surface area contributed by atoms with E-state index >= 15 is 0 Å². The highest BCUT2D eigenvalue weighted by molar-refractivity contribution is 5.47. The maximum atomic E-state index is 5.80. The van der Waals surface area contributed by atoms with Crippen LogP contribution in [0.3, 0.4) is 0 Å². The Bertz CT molecular complexity index is 440. The molecule has 1 aliphatic rings. The largest absolute Gasteiger partial charge is 0.377 e. The van der Waals surface area contributed by atoms with Gasteiger partial charge in [0.05, 0.1) is 6.10 Å². The molecule has 1 N–H and O–H groups in total. The predicted octanol–water partition coefficient (Wildman–Crippen LogP) is 2.98. The number of piperidine rings is 1. The van der Waals surface area contributed by atoms with E-state index in [0.29, 0.717) is 6.10 Å². The highest BCUT2D eigenvalue weighted by atomic mass is 16.5. The van der Waals surface area contributed by atoms with E-state index in [1.54, 1.807) is 0 Å². The fourth-order valence-corrected chi connectivity index (χ4v) is 2.72. The van der Waals surface area contributed by atoms with E-state index in [2.05, 4.69) is 49.0 Å². The molecule has 1 aromatic heterocycles. The van der Waals surface area contributed by atoms with Crippen LogP contribution in [0.15, 0.2) is 18.3 Å². The molecule has 1 unspecified atom stereocenters.